The molecule has 3 N–H and O–H groups in total. The number of primary amides is 1. The third-order valence-electron chi connectivity index (χ3n) is 5.01. The van der Waals surface area contributed by atoms with Gasteiger partial charge in [0.05, 0.1) is 5.56 Å². The van der Waals surface area contributed by atoms with Crippen molar-refractivity contribution in [2.75, 3.05) is 18.4 Å². The second-order valence-electron chi connectivity index (χ2n) is 6.94. The summed E-state index contributed by atoms with van der Waals surface area (Å²) in [7, 11) is 0. The van der Waals surface area contributed by atoms with Crippen molar-refractivity contribution in [1.29, 1.82) is 0 Å². The van der Waals surface area contributed by atoms with Crippen LogP contribution in [0.1, 0.15) is 40.0 Å². The van der Waals surface area contributed by atoms with Crippen LogP contribution in [0.15, 0.2) is 30.3 Å². The van der Waals surface area contributed by atoms with E-state index in [9.17, 15) is 9.18 Å². The van der Waals surface area contributed by atoms with E-state index in [-0.39, 0.29) is 11.9 Å². The third kappa shape index (κ3) is 4.19. The number of aromatic nitrogens is 1. The number of hydrogen-bond donors (Lipinski definition) is 2. The highest BCUT2D eigenvalue weighted by atomic mass is 19.1. The third-order valence-corrected chi connectivity index (χ3v) is 5.01. The monoisotopic (exact) mass is 356 g/mol. The standard InChI is InChI=1S/C20H25FN4O/c1-13-11-17(19(22)26)20(23-14(13)2)24-16-7-9-25(10-8-16)12-15-5-3-4-6-18(15)21/h3-6,11,16H,7-10,12H2,1-2H3,(H2,22,26)(H,23,24). The highest BCUT2D eigenvalue weighted by Gasteiger charge is 2.22. The quantitative estimate of drug-likeness (QED) is 0.864. The molecule has 26 heavy (non-hydrogen) atoms. The molecule has 1 fully saturated rings. The Bertz CT molecular complexity index is 800. The number of carbonyl (C=O) groups is 1. The lowest BCUT2D eigenvalue weighted by Gasteiger charge is -2.33. The van der Waals surface area contributed by atoms with Gasteiger partial charge in [0, 0.05) is 36.9 Å². The fourth-order valence-electron chi connectivity index (χ4n) is 3.30. The van der Waals surface area contributed by atoms with Crippen LogP contribution in [0.2, 0.25) is 0 Å². The number of carbonyl (C=O) groups excluding carboxylic acids is 1. The van der Waals surface area contributed by atoms with E-state index in [0.29, 0.717) is 17.9 Å². The number of anilines is 1. The molecule has 0 unspecified atom stereocenters. The number of rotatable bonds is 5. The van der Waals surface area contributed by atoms with Crippen LogP contribution in [0.4, 0.5) is 10.2 Å². The van der Waals surface area contributed by atoms with Crippen LogP contribution in [0.25, 0.3) is 0 Å². The Balaban J connectivity index is 1.62. The van der Waals surface area contributed by atoms with Gasteiger partial charge < -0.3 is 11.1 Å². The van der Waals surface area contributed by atoms with E-state index in [0.717, 1.165) is 42.8 Å². The molecule has 0 spiro atoms. The van der Waals surface area contributed by atoms with Gasteiger partial charge in [-0.15, -0.1) is 0 Å². The van der Waals surface area contributed by atoms with Crippen molar-refractivity contribution < 1.29 is 9.18 Å². The first-order chi connectivity index (χ1) is 12.4. The number of hydrogen-bond acceptors (Lipinski definition) is 4. The van der Waals surface area contributed by atoms with Gasteiger partial charge >= 0.3 is 0 Å². The molecule has 1 aliphatic rings. The molecule has 5 nitrogen and oxygen atoms in total. The van der Waals surface area contributed by atoms with Crippen LogP contribution in [-0.4, -0.2) is 34.9 Å². The summed E-state index contributed by atoms with van der Waals surface area (Å²) in [5.41, 5.74) is 8.49. The van der Waals surface area contributed by atoms with E-state index in [1.807, 2.05) is 26.0 Å². The van der Waals surface area contributed by atoms with E-state index < -0.39 is 5.91 Å². The number of benzene rings is 1. The molecule has 6 heteroatoms. The Morgan fingerprint density at radius 2 is 2.00 bits per heavy atom. The topological polar surface area (TPSA) is 71.2 Å². The number of likely N-dealkylation sites (tertiary alicyclic amines) is 1. The number of amides is 1. The van der Waals surface area contributed by atoms with Crippen LogP contribution in [-0.2, 0) is 6.54 Å². The molecule has 1 aromatic heterocycles. The van der Waals surface area contributed by atoms with Gasteiger partial charge in [0.25, 0.3) is 5.91 Å². The van der Waals surface area contributed by atoms with Crippen molar-refractivity contribution in [2.45, 2.75) is 39.3 Å². The number of nitrogens with two attached hydrogens (primary N) is 1. The fourth-order valence-corrected chi connectivity index (χ4v) is 3.30. The maximum atomic E-state index is 13.8. The van der Waals surface area contributed by atoms with Gasteiger partial charge in [-0.2, -0.15) is 0 Å². The van der Waals surface area contributed by atoms with Crippen molar-refractivity contribution in [1.82, 2.24) is 9.88 Å². The number of nitrogens with one attached hydrogen (secondary N) is 1. The number of halogens is 1. The van der Waals surface area contributed by atoms with E-state index in [4.69, 9.17) is 5.73 Å². The predicted octanol–water partition coefficient (Wildman–Crippen LogP) is 3.01. The number of piperidine rings is 1. The number of aryl methyl sites for hydroxylation is 2. The van der Waals surface area contributed by atoms with E-state index in [1.54, 1.807) is 12.1 Å². The Hall–Kier alpha value is -2.47. The summed E-state index contributed by atoms with van der Waals surface area (Å²) in [4.78, 5) is 18.5. The van der Waals surface area contributed by atoms with Gasteiger partial charge in [-0.1, -0.05) is 18.2 Å². The first-order valence-electron chi connectivity index (χ1n) is 8.94. The van der Waals surface area contributed by atoms with Crippen molar-refractivity contribution >= 4 is 11.7 Å². The van der Waals surface area contributed by atoms with E-state index in [1.165, 1.54) is 6.07 Å². The highest BCUT2D eigenvalue weighted by molar-refractivity contribution is 5.97. The van der Waals surface area contributed by atoms with Crippen LogP contribution in [0, 0.1) is 19.7 Å². The van der Waals surface area contributed by atoms with Crippen LogP contribution < -0.4 is 11.1 Å². The average Bonchev–Trinajstić information content (AvgIpc) is 2.61. The fraction of sp³-hybridized carbons (Fsp3) is 0.400. The summed E-state index contributed by atoms with van der Waals surface area (Å²) >= 11 is 0. The lowest BCUT2D eigenvalue weighted by molar-refractivity contribution is 0.100. The van der Waals surface area contributed by atoms with Gasteiger partial charge in [-0.3, -0.25) is 9.69 Å². The maximum Gasteiger partial charge on any atom is 0.252 e. The molecule has 0 aliphatic carbocycles. The predicted molar refractivity (Wildman–Crippen MR) is 101 cm³/mol. The zero-order valence-electron chi connectivity index (χ0n) is 15.3. The largest absolute Gasteiger partial charge is 0.367 e. The maximum absolute atomic E-state index is 13.8. The van der Waals surface area contributed by atoms with Crippen LogP contribution >= 0.6 is 0 Å². The lowest BCUT2D eigenvalue weighted by Crippen LogP contribution is -2.39. The minimum absolute atomic E-state index is 0.154. The average molecular weight is 356 g/mol. The lowest BCUT2D eigenvalue weighted by atomic mass is 10.0. The molecular formula is C20H25FN4O. The first kappa shape index (κ1) is 18.3. The zero-order chi connectivity index (χ0) is 18.7. The summed E-state index contributed by atoms with van der Waals surface area (Å²) in [5, 5.41) is 3.38. The van der Waals surface area contributed by atoms with Gasteiger partial charge in [-0.25, -0.2) is 9.37 Å². The first-order valence-corrected chi connectivity index (χ1v) is 8.94. The minimum Gasteiger partial charge on any atom is -0.367 e. The van der Waals surface area contributed by atoms with Crippen LogP contribution in [0.5, 0.6) is 0 Å². The molecule has 2 aromatic rings. The summed E-state index contributed by atoms with van der Waals surface area (Å²) in [6.45, 7) is 6.18. The molecule has 2 heterocycles. The second-order valence-corrected chi connectivity index (χ2v) is 6.94. The van der Waals surface area contributed by atoms with E-state index in [2.05, 4.69) is 15.2 Å². The molecule has 1 aliphatic heterocycles. The zero-order valence-corrected chi connectivity index (χ0v) is 15.3. The molecule has 1 amide bonds. The van der Waals surface area contributed by atoms with Gasteiger partial charge in [0.1, 0.15) is 11.6 Å². The Labute approximate surface area is 153 Å². The van der Waals surface area contributed by atoms with Crippen molar-refractivity contribution in [3.63, 3.8) is 0 Å². The minimum atomic E-state index is -0.472. The Morgan fingerprint density at radius 1 is 1.31 bits per heavy atom. The van der Waals surface area contributed by atoms with Gasteiger partial charge in [0.2, 0.25) is 0 Å². The molecule has 1 saturated heterocycles. The molecule has 1 aromatic carbocycles. The summed E-state index contributed by atoms with van der Waals surface area (Å²) in [6, 6.07) is 8.92. The van der Waals surface area contributed by atoms with Gasteiger partial charge in [-0.05, 0) is 44.4 Å². The molecule has 0 radical (unpaired) electrons. The number of nitrogens with zero attached hydrogens (tertiary/aromatic N) is 2. The smallest absolute Gasteiger partial charge is 0.252 e. The highest BCUT2D eigenvalue weighted by Crippen LogP contribution is 2.22. The summed E-state index contributed by atoms with van der Waals surface area (Å²) in [5.74, 6) is -0.0635. The number of pyridine rings is 1. The molecule has 0 bridgehead atoms. The molecular weight excluding hydrogens is 331 g/mol. The van der Waals surface area contributed by atoms with Crippen molar-refractivity contribution in [3.8, 4) is 0 Å². The van der Waals surface area contributed by atoms with Crippen LogP contribution in [0.3, 0.4) is 0 Å². The Morgan fingerprint density at radius 3 is 2.65 bits per heavy atom. The summed E-state index contributed by atoms with van der Waals surface area (Å²) in [6.07, 6.45) is 1.81. The van der Waals surface area contributed by atoms with E-state index >= 15 is 0 Å². The van der Waals surface area contributed by atoms with Crippen molar-refractivity contribution in [3.05, 3.63) is 58.5 Å². The van der Waals surface area contributed by atoms with Crippen molar-refractivity contribution in [2.24, 2.45) is 5.73 Å². The molecule has 0 atom stereocenters. The molecule has 138 valence electrons. The van der Waals surface area contributed by atoms with Gasteiger partial charge in [0.15, 0.2) is 0 Å². The second kappa shape index (κ2) is 7.83. The Kier molecular flexibility index (Phi) is 5.52. The molecule has 0 saturated carbocycles. The molecule has 3 rings (SSSR count). The SMILES string of the molecule is Cc1cc(C(N)=O)c(NC2CCN(Cc3ccccc3F)CC2)nc1C. The summed E-state index contributed by atoms with van der Waals surface area (Å²) < 4.78 is 13.8. The normalized spacial score (nSPS) is 15.8.